The van der Waals surface area contributed by atoms with Crippen LogP contribution >= 0.6 is 0 Å². The van der Waals surface area contributed by atoms with Crippen molar-refractivity contribution in [3.8, 4) is 0 Å². The summed E-state index contributed by atoms with van der Waals surface area (Å²) in [7, 11) is 0. The molecule has 1 aliphatic carbocycles. The molecule has 1 fully saturated rings. The van der Waals surface area contributed by atoms with Crippen LogP contribution in [0.25, 0.3) is 0 Å². The van der Waals surface area contributed by atoms with Crippen LogP contribution in [-0.4, -0.2) is 13.1 Å². The Kier molecular flexibility index (Phi) is 6.79. The predicted molar refractivity (Wildman–Crippen MR) is 72.6 cm³/mol. The van der Waals surface area contributed by atoms with Crippen molar-refractivity contribution in [1.82, 2.24) is 5.32 Å². The van der Waals surface area contributed by atoms with Crippen LogP contribution in [0, 0.1) is 17.8 Å². The lowest BCUT2D eigenvalue weighted by molar-refractivity contribution is 0.174. The van der Waals surface area contributed by atoms with Gasteiger partial charge in [0.1, 0.15) is 0 Å². The van der Waals surface area contributed by atoms with Gasteiger partial charge in [0.05, 0.1) is 0 Å². The first kappa shape index (κ1) is 13.8. The Bertz CT molecular complexity index is 186. The molecule has 0 bridgehead atoms. The van der Waals surface area contributed by atoms with E-state index in [4.69, 9.17) is 0 Å². The first-order chi connectivity index (χ1) is 7.81. The van der Waals surface area contributed by atoms with Crippen molar-refractivity contribution >= 4 is 0 Å². The largest absolute Gasteiger partial charge is 0.316 e. The number of rotatable bonds is 7. The van der Waals surface area contributed by atoms with Crippen LogP contribution in [0.4, 0.5) is 0 Å². The topological polar surface area (TPSA) is 12.0 Å². The van der Waals surface area contributed by atoms with Crippen molar-refractivity contribution in [1.29, 1.82) is 0 Å². The molecule has 3 atom stereocenters. The average molecular weight is 223 g/mol. The van der Waals surface area contributed by atoms with E-state index in [2.05, 4.69) is 31.8 Å². The Hall–Kier alpha value is -0.300. The van der Waals surface area contributed by atoms with Gasteiger partial charge in [-0.05, 0) is 56.5 Å². The molecule has 94 valence electrons. The van der Waals surface area contributed by atoms with Crippen LogP contribution in [0.1, 0.15) is 52.4 Å². The van der Waals surface area contributed by atoms with Gasteiger partial charge < -0.3 is 5.32 Å². The second kappa shape index (κ2) is 7.89. The molecule has 0 aromatic rings. The lowest BCUT2D eigenvalue weighted by Gasteiger charge is -2.35. The molecule has 0 aromatic heterocycles. The van der Waals surface area contributed by atoms with Crippen LogP contribution in [0.15, 0.2) is 12.7 Å². The van der Waals surface area contributed by atoms with Gasteiger partial charge in [-0.1, -0.05) is 32.8 Å². The van der Waals surface area contributed by atoms with Gasteiger partial charge in [0.15, 0.2) is 0 Å². The Balaban J connectivity index is 2.37. The number of allylic oxidation sites excluding steroid dienone is 1. The summed E-state index contributed by atoms with van der Waals surface area (Å²) in [5.41, 5.74) is 0. The molecule has 0 saturated heterocycles. The summed E-state index contributed by atoms with van der Waals surface area (Å²) in [6.07, 6.45) is 10.3. The Morgan fingerprint density at radius 1 is 1.25 bits per heavy atom. The first-order valence-electron chi connectivity index (χ1n) is 7.13. The van der Waals surface area contributed by atoms with E-state index in [1.165, 1.54) is 51.6 Å². The highest BCUT2D eigenvalue weighted by Gasteiger charge is 2.28. The summed E-state index contributed by atoms with van der Waals surface area (Å²) in [6.45, 7) is 10.9. The molecule has 0 amide bonds. The monoisotopic (exact) mass is 223 g/mol. The van der Waals surface area contributed by atoms with Crippen molar-refractivity contribution in [2.75, 3.05) is 13.1 Å². The standard InChI is InChI=1S/C15H29N/c1-4-7-14-11-13(6-3)8-9-15(14)12-16-10-5-2/h4,13-16H,1,5-12H2,2-3H3. The van der Waals surface area contributed by atoms with Gasteiger partial charge in [-0.2, -0.15) is 0 Å². The third-order valence-corrected chi connectivity index (χ3v) is 4.13. The maximum atomic E-state index is 3.92. The minimum Gasteiger partial charge on any atom is -0.316 e. The van der Waals surface area contributed by atoms with Gasteiger partial charge in [0.25, 0.3) is 0 Å². The average Bonchev–Trinajstić information content (AvgIpc) is 2.31. The van der Waals surface area contributed by atoms with E-state index in [0.717, 1.165) is 17.8 Å². The molecule has 3 unspecified atom stereocenters. The molecule has 0 radical (unpaired) electrons. The fourth-order valence-corrected chi connectivity index (χ4v) is 3.03. The van der Waals surface area contributed by atoms with E-state index >= 15 is 0 Å². The van der Waals surface area contributed by atoms with Crippen LogP contribution in [0.5, 0.6) is 0 Å². The van der Waals surface area contributed by atoms with Crippen molar-refractivity contribution in [2.45, 2.75) is 52.4 Å². The predicted octanol–water partition coefficient (Wildman–Crippen LogP) is 4.00. The molecule has 1 aliphatic rings. The lowest BCUT2D eigenvalue weighted by atomic mass is 9.72. The van der Waals surface area contributed by atoms with Gasteiger partial charge in [-0.25, -0.2) is 0 Å². The highest BCUT2D eigenvalue weighted by Crippen LogP contribution is 2.37. The van der Waals surface area contributed by atoms with Crippen LogP contribution < -0.4 is 5.32 Å². The van der Waals surface area contributed by atoms with Crippen LogP contribution in [-0.2, 0) is 0 Å². The molecular formula is C15H29N. The zero-order valence-electron chi connectivity index (χ0n) is 11.2. The second-order valence-electron chi connectivity index (χ2n) is 5.34. The van der Waals surface area contributed by atoms with Gasteiger partial charge in [-0.3, -0.25) is 0 Å². The fraction of sp³-hybridized carbons (Fsp3) is 0.867. The quantitative estimate of drug-likeness (QED) is 0.508. The van der Waals surface area contributed by atoms with E-state index in [1.54, 1.807) is 0 Å². The first-order valence-corrected chi connectivity index (χ1v) is 7.13. The molecule has 1 saturated carbocycles. The fourth-order valence-electron chi connectivity index (χ4n) is 3.03. The highest BCUT2D eigenvalue weighted by molar-refractivity contribution is 4.85. The molecule has 1 N–H and O–H groups in total. The van der Waals surface area contributed by atoms with E-state index in [9.17, 15) is 0 Å². The third kappa shape index (κ3) is 4.29. The summed E-state index contributed by atoms with van der Waals surface area (Å²) in [4.78, 5) is 0. The summed E-state index contributed by atoms with van der Waals surface area (Å²) >= 11 is 0. The van der Waals surface area contributed by atoms with Crippen LogP contribution in [0.2, 0.25) is 0 Å². The zero-order chi connectivity index (χ0) is 11.8. The van der Waals surface area contributed by atoms with Gasteiger partial charge in [0.2, 0.25) is 0 Å². The molecule has 1 rings (SSSR count). The molecule has 1 heteroatoms. The SMILES string of the molecule is C=CCC1CC(CC)CCC1CNCCC. The molecule has 1 nitrogen and oxygen atoms in total. The maximum absolute atomic E-state index is 3.92. The van der Waals surface area contributed by atoms with E-state index in [1.807, 2.05) is 0 Å². The summed E-state index contributed by atoms with van der Waals surface area (Å²) < 4.78 is 0. The molecule has 0 aromatic carbocycles. The molecule has 16 heavy (non-hydrogen) atoms. The zero-order valence-corrected chi connectivity index (χ0v) is 11.2. The van der Waals surface area contributed by atoms with Gasteiger partial charge in [-0.15, -0.1) is 6.58 Å². The molecule has 0 aliphatic heterocycles. The minimum absolute atomic E-state index is 0.889. The van der Waals surface area contributed by atoms with Crippen molar-refractivity contribution in [3.05, 3.63) is 12.7 Å². The van der Waals surface area contributed by atoms with Gasteiger partial charge >= 0.3 is 0 Å². The maximum Gasteiger partial charge on any atom is -0.00178 e. The Morgan fingerprint density at radius 3 is 2.69 bits per heavy atom. The molecule has 0 heterocycles. The summed E-state index contributed by atoms with van der Waals surface area (Å²) in [5.74, 6) is 2.76. The number of nitrogens with one attached hydrogen (secondary N) is 1. The number of hydrogen-bond acceptors (Lipinski definition) is 1. The minimum atomic E-state index is 0.889. The van der Waals surface area contributed by atoms with E-state index in [-0.39, 0.29) is 0 Å². The van der Waals surface area contributed by atoms with Gasteiger partial charge in [0, 0.05) is 0 Å². The summed E-state index contributed by atoms with van der Waals surface area (Å²) in [6, 6.07) is 0. The normalized spacial score (nSPS) is 30.2. The molecule has 0 spiro atoms. The Morgan fingerprint density at radius 2 is 2.06 bits per heavy atom. The second-order valence-corrected chi connectivity index (χ2v) is 5.34. The van der Waals surface area contributed by atoms with Crippen molar-refractivity contribution in [3.63, 3.8) is 0 Å². The third-order valence-electron chi connectivity index (χ3n) is 4.13. The molecular weight excluding hydrogens is 194 g/mol. The highest BCUT2D eigenvalue weighted by atomic mass is 14.9. The van der Waals surface area contributed by atoms with Crippen molar-refractivity contribution < 1.29 is 0 Å². The van der Waals surface area contributed by atoms with E-state index in [0.29, 0.717) is 0 Å². The number of hydrogen-bond donors (Lipinski definition) is 1. The lowest BCUT2D eigenvalue weighted by Crippen LogP contribution is -2.33. The van der Waals surface area contributed by atoms with Crippen LogP contribution in [0.3, 0.4) is 0 Å². The summed E-state index contributed by atoms with van der Waals surface area (Å²) in [5, 5.41) is 3.59. The van der Waals surface area contributed by atoms with Crippen molar-refractivity contribution in [2.24, 2.45) is 17.8 Å². The Labute approximate surface area is 102 Å². The van der Waals surface area contributed by atoms with E-state index < -0.39 is 0 Å². The smallest absolute Gasteiger partial charge is 0.00178 e.